The summed E-state index contributed by atoms with van der Waals surface area (Å²) in [5, 5.41) is 10.2. The molecule has 36 heavy (non-hydrogen) atoms. The van der Waals surface area contributed by atoms with E-state index in [1.807, 2.05) is 52.8 Å². The van der Waals surface area contributed by atoms with Crippen LogP contribution >= 0.6 is 0 Å². The second-order valence-electron chi connectivity index (χ2n) is 9.31. The van der Waals surface area contributed by atoms with E-state index < -0.39 is 11.6 Å². The second-order valence-corrected chi connectivity index (χ2v) is 9.31. The van der Waals surface area contributed by atoms with Crippen LogP contribution in [0.1, 0.15) is 56.6 Å². The molecule has 10 nitrogen and oxygen atoms in total. The number of nitrogens with zero attached hydrogens (tertiary/aromatic N) is 4. The Morgan fingerprint density at radius 2 is 1.78 bits per heavy atom. The van der Waals surface area contributed by atoms with Crippen molar-refractivity contribution in [2.24, 2.45) is 0 Å². The lowest BCUT2D eigenvalue weighted by Gasteiger charge is -2.13. The predicted octanol–water partition coefficient (Wildman–Crippen LogP) is 2.73. The molecule has 0 aliphatic heterocycles. The molecular formula is C26H30N6O4. The minimum atomic E-state index is -0.580. The molecule has 0 bridgehead atoms. The molecule has 2 heterocycles. The van der Waals surface area contributed by atoms with Gasteiger partial charge in [0.05, 0.1) is 10.9 Å². The van der Waals surface area contributed by atoms with Gasteiger partial charge in [0, 0.05) is 23.3 Å². The Morgan fingerprint density at radius 1 is 1.03 bits per heavy atom. The fourth-order valence-corrected chi connectivity index (χ4v) is 4.14. The van der Waals surface area contributed by atoms with Gasteiger partial charge in [-0.2, -0.15) is 0 Å². The fraction of sp³-hybridized carbons (Fsp3) is 0.346. The molecule has 0 fully saturated rings. The fourth-order valence-electron chi connectivity index (χ4n) is 4.14. The van der Waals surface area contributed by atoms with Gasteiger partial charge in [0.1, 0.15) is 6.54 Å². The Bertz CT molecular complexity index is 1590. The number of fused-ring (bicyclic) bond motifs is 3. The summed E-state index contributed by atoms with van der Waals surface area (Å²) in [5.74, 6) is -0.634. The zero-order valence-electron chi connectivity index (χ0n) is 21.0. The number of aryl methyl sites for hydroxylation is 1. The van der Waals surface area contributed by atoms with Gasteiger partial charge in [-0.15, -0.1) is 5.10 Å². The third kappa shape index (κ3) is 4.66. The van der Waals surface area contributed by atoms with Crippen LogP contribution in [0, 0.1) is 0 Å². The number of carbonyl (C=O) groups excluding carboxylic acids is 2. The van der Waals surface area contributed by atoms with Crippen LogP contribution in [-0.2, 0) is 17.8 Å². The van der Waals surface area contributed by atoms with Crippen molar-refractivity contribution in [3.63, 3.8) is 0 Å². The number of hydrogen-bond donors (Lipinski definition) is 2. The Balaban J connectivity index is 1.83. The Hall–Kier alpha value is -4.21. The van der Waals surface area contributed by atoms with Gasteiger partial charge >= 0.3 is 5.69 Å². The maximum Gasteiger partial charge on any atom is 0.352 e. The number of amides is 2. The minimum absolute atomic E-state index is 0.0795. The summed E-state index contributed by atoms with van der Waals surface area (Å²) in [7, 11) is 0. The summed E-state index contributed by atoms with van der Waals surface area (Å²) in [6, 6.07) is 11.7. The quantitative estimate of drug-likeness (QED) is 0.413. The van der Waals surface area contributed by atoms with Crippen LogP contribution in [0.25, 0.3) is 16.7 Å². The molecule has 0 atom stereocenters. The average Bonchev–Trinajstić information content (AvgIpc) is 3.13. The first-order valence-corrected chi connectivity index (χ1v) is 12.0. The smallest absolute Gasteiger partial charge is 0.350 e. The normalized spacial score (nSPS) is 11.5. The van der Waals surface area contributed by atoms with Gasteiger partial charge in [0.15, 0.2) is 0 Å². The molecule has 2 N–H and O–H groups in total. The van der Waals surface area contributed by atoms with E-state index in [9.17, 15) is 19.2 Å². The number of hydrogen-bond acceptors (Lipinski definition) is 5. The van der Waals surface area contributed by atoms with Crippen LogP contribution in [0.2, 0.25) is 0 Å². The molecule has 0 aliphatic carbocycles. The van der Waals surface area contributed by atoms with E-state index in [0.29, 0.717) is 11.3 Å². The minimum Gasteiger partial charge on any atom is -0.350 e. The Kier molecular flexibility index (Phi) is 6.78. The Morgan fingerprint density at radius 3 is 2.44 bits per heavy atom. The lowest BCUT2D eigenvalue weighted by atomic mass is 10.1. The summed E-state index contributed by atoms with van der Waals surface area (Å²) >= 11 is 0. The maximum absolute atomic E-state index is 13.4. The number of benzene rings is 2. The number of rotatable bonds is 7. The molecule has 0 saturated heterocycles. The van der Waals surface area contributed by atoms with Crippen molar-refractivity contribution in [1.82, 2.24) is 24.1 Å². The first kappa shape index (κ1) is 24.9. The molecule has 188 valence electrons. The average molecular weight is 491 g/mol. The molecule has 0 spiro atoms. The number of anilines is 1. The van der Waals surface area contributed by atoms with E-state index in [2.05, 4.69) is 15.7 Å². The van der Waals surface area contributed by atoms with Crippen LogP contribution < -0.4 is 21.9 Å². The van der Waals surface area contributed by atoms with Crippen molar-refractivity contribution in [2.75, 3.05) is 5.32 Å². The standard InChI is InChI=1S/C26H30N6O4/c1-6-17-8-7-9-19(12-17)28-22(33)14-30-26(36)32-21-13-18(23(34)27-15(2)3)10-11-20(21)24(35)31(16(4)5)25(32)29-30/h7-13,15-16H,6,14H2,1-5H3,(H,27,34)(H,28,33). The summed E-state index contributed by atoms with van der Waals surface area (Å²) in [6.07, 6.45) is 0.826. The van der Waals surface area contributed by atoms with Gasteiger partial charge in [0.25, 0.3) is 11.5 Å². The molecule has 2 aromatic heterocycles. The Labute approximate surface area is 207 Å². The van der Waals surface area contributed by atoms with E-state index in [-0.39, 0.29) is 46.8 Å². The monoisotopic (exact) mass is 490 g/mol. The lowest BCUT2D eigenvalue weighted by Crippen LogP contribution is -2.31. The highest BCUT2D eigenvalue weighted by molar-refractivity contribution is 5.98. The van der Waals surface area contributed by atoms with Gasteiger partial charge in [-0.05, 0) is 70.0 Å². The zero-order valence-corrected chi connectivity index (χ0v) is 21.0. The molecule has 2 amide bonds. The first-order valence-electron chi connectivity index (χ1n) is 12.0. The van der Waals surface area contributed by atoms with Gasteiger partial charge in [0.2, 0.25) is 11.7 Å². The van der Waals surface area contributed by atoms with E-state index in [1.165, 1.54) is 15.0 Å². The summed E-state index contributed by atoms with van der Waals surface area (Å²) in [5.41, 5.74) is 1.36. The van der Waals surface area contributed by atoms with E-state index in [1.54, 1.807) is 18.2 Å². The van der Waals surface area contributed by atoms with Gasteiger partial charge in [-0.3, -0.25) is 19.0 Å². The highest BCUT2D eigenvalue weighted by atomic mass is 16.2. The largest absolute Gasteiger partial charge is 0.352 e. The van der Waals surface area contributed by atoms with Gasteiger partial charge < -0.3 is 10.6 Å². The van der Waals surface area contributed by atoms with E-state index >= 15 is 0 Å². The molecule has 0 unspecified atom stereocenters. The molecule has 4 rings (SSSR count). The van der Waals surface area contributed by atoms with Crippen LogP contribution in [0.4, 0.5) is 5.69 Å². The van der Waals surface area contributed by atoms with Crippen LogP contribution in [0.15, 0.2) is 52.1 Å². The molecule has 0 aliphatic rings. The van der Waals surface area contributed by atoms with Gasteiger partial charge in [-0.25, -0.2) is 13.9 Å². The van der Waals surface area contributed by atoms with Crippen molar-refractivity contribution in [1.29, 1.82) is 0 Å². The summed E-state index contributed by atoms with van der Waals surface area (Å²) in [6.45, 7) is 9.00. The van der Waals surface area contributed by atoms with Crippen molar-refractivity contribution in [3.8, 4) is 0 Å². The zero-order chi connectivity index (χ0) is 26.1. The van der Waals surface area contributed by atoms with Crippen molar-refractivity contribution >= 4 is 34.2 Å². The molecule has 0 radical (unpaired) electrons. The molecule has 2 aromatic carbocycles. The number of nitrogens with one attached hydrogen (secondary N) is 2. The number of aromatic nitrogens is 4. The molecular weight excluding hydrogens is 460 g/mol. The van der Waals surface area contributed by atoms with E-state index in [0.717, 1.165) is 16.7 Å². The SMILES string of the molecule is CCc1cccc(NC(=O)Cn2nc3n(C(C)C)c(=O)c4ccc(C(=O)NC(C)C)cc4n3c2=O)c1. The highest BCUT2D eigenvalue weighted by Gasteiger charge is 2.21. The van der Waals surface area contributed by atoms with Gasteiger partial charge in [-0.1, -0.05) is 19.1 Å². The highest BCUT2D eigenvalue weighted by Crippen LogP contribution is 2.17. The van der Waals surface area contributed by atoms with Crippen molar-refractivity contribution in [2.45, 2.75) is 59.7 Å². The van der Waals surface area contributed by atoms with Crippen LogP contribution in [-0.4, -0.2) is 36.6 Å². The topological polar surface area (TPSA) is 120 Å². The van der Waals surface area contributed by atoms with Crippen molar-refractivity contribution in [3.05, 3.63) is 74.4 Å². The van der Waals surface area contributed by atoms with Crippen LogP contribution in [0.5, 0.6) is 0 Å². The lowest BCUT2D eigenvalue weighted by molar-refractivity contribution is -0.117. The number of carbonyl (C=O) groups is 2. The summed E-state index contributed by atoms with van der Waals surface area (Å²) in [4.78, 5) is 52.1. The molecule has 10 heteroatoms. The molecule has 4 aromatic rings. The summed E-state index contributed by atoms with van der Waals surface area (Å²) < 4.78 is 3.73. The second kappa shape index (κ2) is 9.80. The van der Waals surface area contributed by atoms with Crippen molar-refractivity contribution < 1.29 is 9.59 Å². The first-order chi connectivity index (χ1) is 17.1. The maximum atomic E-state index is 13.4. The third-order valence-corrected chi connectivity index (χ3v) is 5.84. The third-order valence-electron chi connectivity index (χ3n) is 5.84. The van der Waals surface area contributed by atoms with Crippen LogP contribution in [0.3, 0.4) is 0 Å². The molecule has 0 saturated carbocycles. The van der Waals surface area contributed by atoms with E-state index in [4.69, 9.17) is 0 Å². The predicted molar refractivity (Wildman–Crippen MR) is 139 cm³/mol.